The molecular weight excluding hydrogens is 409 g/mol. The number of rotatable bonds is 5. The Morgan fingerprint density at radius 3 is 2.68 bits per heavy atom. The Morgan fingerprint density at radius 1 is 1.23 bits per heavy atom. The van der Waals surface area contributed by atoms with Crippen molar-refractivity contribution in [2.24, 2.45) is 0 Å². The summed E-state index contributed by atoms with van der Waals surface area (Å²) in [7, 11) is 0. The molecule has 0 radical (unpaired) electrons. The third-order valence-electron chi connectivity index (χ3n) is 2.55. The van der Waals surface area contributed by atoms with Crippen LogP contribution in [0.2, 0.25) is 0 Å². The molecule has 0 saturated carbocycles. The minimum absolute atomic E-state index is 0.448. The van der Waals surface area contributed by atoms with Gasteiger partial charge in [-0.3, -0.25) is 4.79 Å². The number of halogens is 3. The van der Waals surface area contributed by atoms with E-state index in [0.717, 1.165) is 24.3 Å². The summed E-state index contributed by atoms with van der Waals surface area (Å²) in [5.74, 6) is -2.79. The predicted molar refractivity (Wildman–Crippen MR) is 82.1 cm³/mol. The van der Waals surface area contributed by atoms with Crippen molar-refractivity contribution in [2.75, 3.05) is 6.61 Å². The van der Waals surface area contributed by atoms with Crippen molar-refractivity contribution in [1.82, 2.24) is 0 Å². The molecule has 4 nitrogen and oxygen atoms in total. The summed E-state index contributed by atoms with van der Waals surface area (Å²) in [5.41, 5.74) is -0.461. The van der Waals surface area contributed by atoms with E-state index in [1.165, 1.54) is 6.08 Å². The fourth-order valence-corrected chi connectivity index (χ4v) is 1.98. The van der Waals surface area contributed by atoms with Gasteiger partial charge >= 0.3 is 5.97 Å². The van der Waals surface area contributed by atoms with Gasteiger partial charge < -0.3 is 9.15 Å². The molecule has 0 atom stereocenters. The zero-order valence-electron chi connectivity index (χ0n) is 11.0. The van der Waals surface area contributed by atoms with Crippen LogP contribution in [-0.2, 0) is 9.53 Å². The van der Waals surface area contributed by atoms with Crippen molar-refractivity contribution in [1.29, 1.82) is 0 Å². The van der Waals surface area contributed by atoms with Crippen LogP contribution in [0.1, 0.15) is 16.1 Å². The van der Waals surface area contributed by atoms with E-state index >= 15 is 0 Å². The summed E-state index contributed by atoms with van der Waals surface area (Å²) in [6.45, 7) is -0.681. The summed E-state index contributed by atoms with van der Waals surface area (Å²) in [6, 6.07) is 5.85. The first kappa shape index (κ1) is 16.3. The number of ketones is 1. The first-order chi connectivity index (χ1) is 10.5. The highest BCUT2D eigenvalue weighted by molar-refractivity contribution is 14.1. The van der Waals surface area contributed by atoms with Crippen LogP contribution >= 0.6 is 22.6 Å². The van der Waals surface area contributed by atoms with Crippen LogP contribution in [0.5, 0.6) is 0 Å². The van der Waals surface area contributed by atoms with E-state index in [9.17, 15) is 18.4 Å². The van der Waals surface area contributed by atoms with Gasteiger partial charge in [-0.05, 0) is 59.0 Å². The van der Waals surface area contributed by atoms with E-state index in [0.29, 0.717) is 9.53 Å². The molecule has 0 bridgehead atoms. The number of Topliss-reactive ketones (excluding diaryl/α,β-unsaturated/α-hetero) is 1. The van der Waals surface area contributed by atoms with E-state index in [1.807, 2.05) is 22.6 Å². The van der Waals surface area contributed by atoms with Gasteiger partial charge in [0.15, 0.2) is 10.4 Å². The minimum Gasteiger partial charge on any atom is -0.454 e. The normalized spacial score (nSPS) is 10.9. The molecule has 2 rings (SSSR count). The van der Waals surface area contributed by atoms with E-state index < -0.39 is 35.6 Å². The van der Waals surface area contributed by atoms with Crippen LogP contribution in [0.25, 0.3) is 6.08 Å². The average molecular weight is 418 g/mol. The SMILES string of the molecule is O=C(/C=C/c1ccc(I)o1)OCC(=O)c1cc(F)ccc1F. The van der Waals surface area contributed by atoms with Gasteiger partial charge in [0.05, 0.1) is 5.56 Å². The number of furan rings is 1. The second kappa shape index (κ2) is 7.30. The third-order valence-corrected chi connectivity index (χ3v) is 3.13. The zero-order chi connectivity index (χ0) is 16.1. The summed E-state index contributed by atoms with van der Waals surface area (Å²) in [5, 5.41) is 0. The molecule has 1 aromatic carbocycles. The van der Waals surface area contributed by atoms with E-state index in [-0.39, 0.29) is 0 Å². The number of carbonyl (C=O) groups is 2. The van der Waals surface area contributed by atoms with Gasteiger partial charge in [0.25, 0.3) is 0 Å². The van der Waals surface area contributed by atoms with Crippen LogP contribution in [-0.4, -0.2) is 18.4 Å². The van der Waals surface area contributed by atoms with E-state index in [2.05, 4.69) is 4.74 Å². The topological polar surface area (TPSA) is 56.5 Å². The van der Waals surface area contributed by atoms with Crippen LogP contribution in [0, 0.1) is 15.4 Å². The molecular formula is C15H9F2IO4. The minimum atomic E-state index is -0.872. The number of carbonyl (C=O) groups excluding carboxylic acids is 2. The second-order valence-electron chi connectivity index (χ2n) is 4.13. The number of hydrogen-bond donors (Lipinski definition) is 0. The van der Waals surface area contributed by atoms with Crippen LogP contribution in [0.4, 0.5) is 8.78 Å². The fraction of sp³-hybridized carbons (Fsp3) is 0.0667. The molecule has 0 aliphatic rings. The summed E-state index contributed by atoms with van der Waals surface area (Å²) < 4.78 is 36.8. The fourth-order valence-electron chi connectivity index (χ4n) is 1.54. The Balaban J connectivity index is 1.92. The summed E-state index contributed by atoms with van der Waals surface area (Å²) in [6.07, 6.45) is 2.45. The number of benzene rings is 1. The number of ether oxygens (including phenoxy) is 1. The first-order valence-electron chi connectivity index (χ1n) is 6.04. The molecule has 0 aliphatic carbocycles. The Morgan fingerprint density at radius 2 is 2.00 bits per heavy atom. The smallest absolute Gasteiger partial charge is 0.331 e. The maximum absolute atomic E-state index is 13.4. The molecule has 1 heterocycles. The molecule has 1 aromatic heterocycles. The highest BCUT2D eigenvalue weighted by atomic mass is 127. The van der Waals surface area contributed by atoms with Gasteiger partial charge in [0.2, 0.25) is 5.78 Å². The molecule has 0 aliphatic heterocycles. The molecule has 0 saturated heterocycles. The van der Waals surface area contributed by atoms with Crippen molar-refractivity contribution < 1.29 is 27.5 Å². The lowest BCUT2D eigenvalue weighted by Gasteiger charge is -2.03. The average Bonchev–Trinajstić information content (AvgIpc) is 2.90. The molecule has 0 N–H and O–H groups in total. The highest BCUT2D eigenvalue weighted by Gasteiger charge is 2.14. The van der Waals surface area contributed by atoms with E-state index in [4.69, 9.17) is 4.42 Å². The predicted octanol–water partition coefficient (Wildman–Crippen LogP) is 3.60. The van der Waals surface area contributed by atoms with Crippen molar-refractivity contribution in [3.05, 3.63) is 63.1 Å². The van der Waals surface area contributed by atoms with Crippen LogP contribution < -0.4 is 0 Å². The van der Waals surface area contributed by atoms with Gasteiger partial charge in [-0.1, -0.05) is 0 Å². The van der Waals surface area contributed by atoms with Crippen molar-refractivity contribution >= 4 is 40.4 Å². The molecule has 0 amide bonds. The Kier molecular flexibility index (Phi) is 5.42. The molecule has 114 valence electrons. The monoisotopic (exact) mass is 418 g/mol. The second-order valence-corrected chi connectivity index (χ2v) is 5.19. The number of esters is 1. The van der Waals surface area contributed by atoms with Gasteiger partial charge in [0.1, 0.15) is 17.4 Å². The van der Waals surface area contributed by atoms with E-state index in [1.54, 1.807) is 12.1 Å². The molecule has 0 spiro atoms. The Bertz CT molecular complexity index is 737. The lowest BCUT2D eigenvalue weighted by molar-refractivity contribution is -0.136. The molecule has 0 fully saturated rings. The standard InChI is InChI=1S/C15H9F2IO4/c16-9-1-4-12(17)11(7-9)13(19)8-21-15(20)6-3-10-2-5-14(18)22-10/h1-7H,8H2/b6-3+. The van der Waals surface area contributed by atoms with Crippen molar-refractivity contribution in [3.8, 4) is 0 Å². The van der Waals surface area contributed by atoms with Crippen LogP contribution in [0.3, 0.4) is 0 Å². The van der Waals surface area contributed by atoms with Crippen molar-refractivity contribution in [2.45, 2.75) is 0 Å². The molecule has 22 heavy (non-hydrogen) atoms. The van der Waals surface area contributed by atoms with Gasteiger partial charge in [0, 0.05) is 6.08 Å². The Labute approximate surface area is 137 Å². The zero-order valence-corrected chi connectivity index (χ0v) is 13.2. The molecule has 0 unspecified atom stereocenters. The Hall–Kier alpha value is -2.03. The largest absolute Gasteiger partial charge is 0.454 e. The lowest BCUT2D eigenvalue weighted by Crippen LogP contribution is -2.14. The molecule has 7 heteroatoms. The summed E-state index contributed by atoms with van der Waals surface area (Å²) in [4.78, 5) is 23.1. The van der Waals surface area contributed by atoms with Crippen molar-refractivity contribution in [3.63, 3.8) is 0 Å². The quantitative estimate of drug-likeness (QED) is 0.322. The van der Waals surface area contributed by atoms with Gasteiger partial charge in [-0.25, -0.2) is 13.6 Å². The number of hydrogen-bond acceptors (Lipinski definition) is 4. The lowest BCUT2D eigenvalue weighted by atomic mass is 10.1. The first-order valence-corrected chi connectivity index (χ1v) is 7.12. The third kappa shape index (κ3) is 4.48. The highest BCUT2D eigenvalue weighted by Crippen LogP contribution is 2.12. The molecule has 2 aromatic rings. The van der Waals surface area contributed by atoms with Crippen LogP contribution in [0.15, 0.2) is 40.8 Å². The van der Waals surface area contributed by atoms with Gasteiger partial charge in [-0.2, -0.15) is 0 Å². The summed E-state index contributed by atoms with van der Waals surface area (Å²) >= 11 is 1.97. The van der Waals surface area contributed by atoms with Gasteiger partial charge in [-0.15, -0.1) is 0 Å². The maximum atomic E-state index is 13.4. The maximum Gasteiger partial charge on any atom is 0.331 e.